The molecule has 0 atom stereocenters. The molecule has 3 heterocycles. The number of rotatable bonds is 4. The third-order valence-electron chi connectivity index (χ3n) is 4.18. The number of fused-ring (bicyclic) bond motifs is 1. The molecule has 122 valence electrons. The number of carbonyl (C=O) groups excluding carboxylic acids is 1. The summed E-state index contributed by atoms with van der Waals surface area (Å²) < 4.78 is 5.88. The highest BCUT2D eigenvalue weighted by Crippen LogP contribution is 2.22. The standard InChI is InChI=1S/C18H17N3O2S/c22-18(15-11-24-12-19-15)21-9-8-16-14(10-21)20-17(23-16)7-6-13-4-2-1-3-5-13/h1-5,11-12H,6-10H2. The van der Waals surface area contributed by atoms with Crippen LogP contribution in [0, 0.1) is 0 Å². The Bertz CT molecular complexity index is 827. The van der Waals surface area contributed by atoms with Crippen LogP contribution >= 0.6 is 11.3 Å². The van der Waals surface area contributed by atoms with E-state index in [1.54, 1.807) is 15.8 Å². The molecule has 0 spiro atoms. The molecule has 0 saturated heterocycles. The van der Waals surface area contributed by atoms with Crippen molar-refractivity contribution in [2.45, 2.75) is 25.8 Å². The highest BCUT2D eigenvalue weighted by Gasteiger charge is 2.26. The van der Waals surface area contributed by atoms with Crippen LogP contribution in [0.15, 0.2) is 45.6 Å². The van der Waals surface area contributed by atoms with Gasteiger partial charge in [0, 0.05) is 24.8 Å². The number of oxazole rings is 1. The van der Waals surface area contributed by atoms with Crippen LogP contribution in [0.2, 0.25) is 0 Å². The Hall–Kier alpha value is -2.47. The number of nitrogens with zero attached hydrogens (tertiary/aromatic N) is 3. The largest absolute Gasteiger partial charge is 0.445 e. The monoisotopic (exact) mass is 339 g/mol. The summed E-state index contributed by atoms with van der Waals surface area (Å²) in [6.45, 7) is 1.15. The number of aromatic nitrogens is 2. The van der Waals surface area contributed by atoms with Gasteiger partial charge in [-0.2, -0.15) is 0 Å². The number of carbonyl (C=O) groups is 1. The number of benzene rings is 1. The highest BCUT2D eigenvalue weighted by atomic mass is 32.1. The Morgan fingerprint density at radius 1 is 1.25 bits per heavy atom. The van der Waals surface area contributed by atoms with Crippen molar-refractivity contribution < 1.29 is 9.21 Å². The summed E-state index contributed by atoms with van der Waals surface area (Å²) in [7, 11) is 0. The average molecular weight is 339 g/mol. The van der Waals surface area contributed by atoms with Gasteiger partial charge in [-0.25, -0.2) is 9.97 Å². The minimum atomic E-state index is -0.0317. The smallest absolute Gasteiger partial charge is 0.273 e. The fraction of sp³-hybridized carbons (Fsp3) is 0.278. The topological polar surface area (TPSA) is 59.2 Å². The van der Waals surface area contributed by atoms with Gasteiger partial charge >= 0.3 is 0 Å². The zero-order chi connectivity index (χ0) is 16.4. The Labute approximate surface area is 144 Å². The number of hydrogen-bond acceptors (Lipinski definition) is 5. The molecule has 1 aliphatic rings. The molecule has 0 aliphatic carbocycles. The molecule has 5 nitrogen and oxygen atoms in total. The van der Waals surface area contributed by atoms with Crippen molar-refractivity contribution in [3.8, 4) is 0 Å². The summed E-state index contributed by atoms with van der Waals surface area (Å²) in [6.07, 6.45) is 2.39. The first-order valence-electron chi connectivity index (χ1n) is 7.98. The van der Waals surface area contributed by atoms with Crippen LogP contribution in [0.25, 0.3) is 0 Å². The van der Waals surface area contributed by atoms with Gasteiger partial charge in [0.25, 0.3) is 5.91 Å². The quantitative estimate of drug-likeness (QED) is 0.733. The fourth-order valence-corrected chi connectivity index (χ4v) is 3.43. The lowest BCUT2D eigenvalue weighted by Gasteiger charge is -2.24. The maximum absolute atomic E-state index is 12.4. The van der Waals surface area contributed by atoms with Crippen molar-refractivity contribution in [3.05, 3.63) is 69.8 Å². The normalized spacial score (nSPS) is 13.8. The first kappa shape index (κ1) is 15.1. The summed E-state index contributed by atoms with van der Waals surface area (Å²) in [6, 6.07) is 10.3. The van der Waals surface area contributed by atoms with Crippen LogP contribution in [0.5, 0.6) is 0 Å². The summed E-state index contributed by atoms with van der Waals surface area (Å²) in [4.78, 5) is 22.9. The maximum atomic E-state index is 12.4. The van der Waals surface area contributed by atoms with Gasteiger partial charge in [-0.05, 0) is 12.0 Å². The highest BCUT2D eigenvalue weighted by molar-refractivity contribution is 7.07. The van der Waals surface area contributed by atoms with E-state index in [4.69, 9.17) is 4.42 Å². The van der Waals surface area contributed by atoms with Gasteiger partial charge in [-0.15, -0.1) is 11.3 Å². The molecule has 2 aromatic heterocycles. The second kappa shape index (κ2) is 6.57. The lowest BCUT2D eigenvalue weighted by Crippen LogP contribution is -2.35. The van der Waals surface area contributed by atoms with Gasteiger partial charge in [0.15, 0.2) is 5.89 Å². The van der Waals surface area contributed by atoms with Crippen LogP contribution in [-0.2, 0) is 25.8 Å². The molecule has 3 aromatic rings. The van der Waals surface area contributed by atoms with E-state index in [1.807, 2.05) is 18.2 Å². The molecule has 0 fully saturated rings. The van der Waals surface area contributed by atoms with E-state index in [0.29, 0.717) is 25.2 Å². The predicted octanol–water partition coefficient (Wildman–Crippen LogP) is 3.11. The minimum absolute atomic E-state index is 0.0317. The van der Waals surface area contributed by atoms with E-state index in [-0.39, 0.29) is 5.91 Å². The van der Waals surface area contributed by atoms with Crippen LogP contribution in [0.3, 0.4) is 0 Å². The van der Waals surface area contributed by atoms with E-state index in [1.165, 1.54) is 16.9 Å². The van der Waals surface area contributed by atoms with E-state index >= 15 is 0 Å². The SMILES string of the molecule is O=C(c1cscn1)N1CCc2oc(CCc3ccccc3)nc2C1. The lowest BCUT2D eigenvalue weighted by molar-refractivity contribution is 0.0722. The van der Waals surface area contributed by atoms with Crippen molar-refractivity contribution in [2.24, 2.45) is 0 Å². The summed E-state index contributed by atoms with van der Waals surface area (Å²) >= 11 is 1.43. The van der Waals surface area contributed by atoms with Crippen molar-refractivity contribution in [3.63, 3.8) is 0 Å². The van der Waals surface area contributed by atoms with E-state index < -0.39 is 0 Å². The molecule has 24 heavy (non-hydrogen) atoms. The molecule has 6 heteroatoms. The third-order valence-corrected chi connectivity index (χ3v) is 4.77. The van der Waals surface area contributed by atoms with Crippen molar-refractivity contribution in [1.29, 1.82) is 0 Å². The predicted molar refractivity (Wildman–Crippen MR) is 90.9 cm³/mol. The van der Waals surface area contributed by atoms with Gasteiger partial charge in [0.2, 0.25) is 0 Å². The average Bonchev–Trinajstić information content (AvgIpc) is 3.29. The molecule has 1 aromatic carbocycles. The minimum Gasteiger partial charge on any atom is -0.445 e. The van der Waals surface area contributed by atoms with E-state index in [0.717, 1.165) is 30.2 Å². The number of aryl methyl sites for hydroxylation is 2. The van der Waals surface area contributed by atoms with Crippen LogP contribution in [0.4, 0.5) is 0 Å². The molecular weight excluding hydrogens is 322 g/mol. The van der Waals surface area contributed by atoms with Crippen molar-refractivity contribution in [2.75, 3.05) is 6.54 Å². The van der Waals surface area contributed by atoms with Gasteiger partial charge < -0.3 is 9.32 Å². The Morgan fingerprint density at radius 2 is 2.12 bits per heavy atom. The molecule has 0 N–H and O–H groups in total. The first-order valence-corrected chi connectivity index (χ1v) is 8.93. The zero-order valence-electron chi connectivity index (χ0n) is 13.1. The third kappa shape index (κ3) is 3.10. The molecule has 0 saturated carbocycles. The fourth-order valence-electron chi connectivity index (χ4n) is 2.91. The maximum Gasteiger partial charge on any atom is 0.273 e. The van der Waals surface area contributed by atoms with Crippen molar-refractivity contribution >= 4 is 17.2 Å². The Kier molecular flexibility index (Phi) is 4.13. The van der Waals surface area contributed by atoms with Gasteiger partial charge in [0.05, 0.1) is 12.1 Å². The van der Waals surface area contributed by atoms with Gasteiger partial charge in [0.1, 0.15) is 17.1 Å². The zero-order valence-corrected chi connectivity index (χ0v) is 14.0. The van der Waals surface area contributed by atoms with Crippen molar-refractivity contribution in [1.82, 2.24) is 14.9 Å². The molecule has 4 rings (SSSR count). The molecule has 0 bridgehead atoms. The molecule has 1 amide bonds. The second-order valence-electron chi connectivity index (χ2n) is 5.81. The van der Waals surface area contributed by atoms with Crippen LogP contribution < -0.4 is 0 Å². The molecule has 1 aliphatic heterocycles. The first-order chi connectivity index (χ1) is 11.8. The summed E-state index contributed by atoms with van der Waals surface area (Å²) in [5.41, 5.74) is 4.35. The number of hydrogen-bond donors (Lipinski definition) is 0. The molecular formula is C18H17N3O2S. The lowest BCUT2D eigenvalue weighted by atomic mass is 10.1. The summed E-state index contributed by atoms with van der Waals surface area (Å²) in [5.74, 6) is 1.64. The second-order valence-corrected chi connectivity index (χ2v) is 6.53. The number of thiazole rings is 1. The van der Waals surface area contributed by atoms with E-state index in [9.17, 15) is 4.79 Å². The van der Waals surface area contributed by atoms with Gasteiger partial charge in [-0.3, -0.25) is 4.79 Å². The van der Waals surface area contributed by atoms with Crippen LogP contribution in [0.1, 0.15) is 33.4 Å². The number of amides is 1. The Morgan fingerprint density at radius 3 is 2.92 bits per heavy atom. The molecule has 0 radical (unpaired) electrons. The van der Waals surface area contributed by atoms with Gasteiger partial charge in [-0.1, -0.05) is 30.3 Å². The molecule has 0 unspecified atom stereocenters. The van der Waals surface area contributed by atoms with E-state index in [2.05, 4.69) is 22.1 Å². The Balaban J connectivity index is 1.43. The summed E-state index contributed by atoms with van der Waals surface area (Å²) in [5, 5.41) is 1.78. The van der Waals surface area contributed by atoms with Crippen LogP contribution in [-0.4, -0.2) is 27.3 Å².